The van der Waals surface area contributed by atoms with Crippen LogP contribution in [0.15, 0.2) is 18.6 Å². The van der Waals surface area contributed by atoms with E-state index in [1.807, 2.05) is 10.9 Å². The van der Waals surface area contributed by atoms with E-state index in [1.54, 1.807) is 26.5 Å². The standard InChI is InChI=1S/C24H36N10O2/c1-31(2)24(36)29-16-6-5-9-32(12-16)20-11-26-21(22(25)35)23(30-20)28-17-10-27-34(13-17)19-14-33(15-19)18-7-3-4-8-18/h10-11,13,16,18-19H,3-9,12,14-15H2,1-2H3,(H2,25,35)(H,28,30)(H,29,36). The molecule has 4 N–H and O–H groups in total. The molecule has 0 aromatic carbocycles. The zero-order valence-corrected chi connectivity index (χ0v) is 21.1. The lowest BCUT2D eigenvalue weighted by Crippen LogP contribution is -2.52. The molecular formula is C24H36N10O2. The number of likely N-dealkylation sites (tertiary alicyclic amines) is 1. The molecule has 12 nitrogen and oxygen atoms in total. The zero-order valence-electron chi connectivity index (χ0n) is 21.1. The van der Waals surface area contributed by atoms with Gasteiger partial charge in [0.25, 0.3) is 5.91 Å². The molecule has 2 saturated heterocycles. The minimum Gasteiger partial charge on any atom is -0.364 e. The Kier molecular flexibility index (Phi) is 6.95. The smallest absolute Gasteiger partial charge is 0.317 e. The Hall–Kier alpha value is -3.41. The van der Waals surface area contributed by atoms with E-state index in [1.165, 1.54) is 30.6 Å². The highest BCUT2D eigenvalue weighted by atomic mass is 16.2. The van der Waals surface area contributed by atoms with E-state index in [2.05, 4.69) is 30.5 Å². The van der Waals surface area contributed by atoms with Gasteiger partial charge in [-0.05, 0) is 25.7 Å². The molecule has 5 rings (SSSR count). The molecule has 194 valence electrons. The summed E-state index contributed by atoms with van der Waals surface area (Å²) in [5.74, 6) is 0.287. The van der Waals surface area contributed by atoms with Crippen LogP contribution >= 0.6 is 0 Å². The Balaban J connectivity index is 1.26. The molecule has 1 unspecified atom stereocenters. The Bertz CT molecular complexity index is 1090. The quantitative estimate of drug-likeness (QED) is 0.525. The number of hydrogen-bond acceptors (Lipinski definition) is 8. The highest BCUT2D eigenvalue weighted by Gasteiger charge is 2.35. The number of nitrogens with one attached hydrogen (secondary N) is 2. The van der Waals surface area contributed by atoms with E-state index in [4.69, 9.17) is 10.7 Å². The molecule has 3 amide bonds. The van der Waals surface area contributed by atoms with Crippen LogP contribution in [0.4, 0.5) is 22.1 Å². The van der Waals surface area contributed by atoms with Crippen molar-refractivity contribution in [2.24, 2.45) is 5.73 Å². The van der Waals surface area contributed by atoms with E-state index >= 15 is 0 Å². The second-order valence-corrected chi connectivity index (χ2v) is 10.3. The molecule has 2 aromatic heterocycles. The fraction of sp³-hybridized carbons (Fsp3) is 0.625. The summed E-state index contributed by atoms with van der Waals surface area (Å²) in [6.45, 7) is 3.44. The number of urea groups is 1. The number of aromatic nitrogens is 4. The van der Waals surface area contributed by atoms with Gasteiger partial charge in [0.05, 0.1) is 24.1 Å². The minimum atomic E-state index is -0.648. The lowest BCUT2D eigenvalue weighted by Gasteiger charge is -2.43. The maximum absolute atomic E-state index is 12.1. The molecule has 12 heteroatoms. The number of primary amides is 1. The van der Waals surface area contributed by atoms with Crippen molar-refractivity contribution >= 4 is 29.3 Å². The van der Waals surface area contributed by atoms with Crippen molar-refractivity contribution in [3.05, 3.63) is 24.3 Å². The van der Waals surface area contributed by atoms with Crippen LogP contribution in [0.5, 0.6) is 0 Å². The van der Waals surface area contributed by atoms with Gasteiger partial charge in [0, 0.05) is 58.6 Å². The van der Waals surface area contributed by atoms with E-state index in [0.717, 1.165) is 44.2 Å². The maximum Gasteiger partial charge on any atom is 0.317 e. The zero-order chi connectivity index (χ0) is 25.2. The molecule has 1 atom stereocenters. The monoisotopic (exact) mass is 496 g/mol. The summed E-state index contributed by atoms with van der Waals surface area (Å²) in [6.07, 6.45) is 12.4. The van der Waals surface area contributed by atoms with Crippen molar-refractivity contribution in [1.82, 2.24) is 34.9 Å². The van der Waals surface area contributed by atoms with Gasteiger partial charge >= 0.3 is 6.03 Å². The van der Waals surface area contributed by atoms with Crippen LogP contribution in [0, 0.1) is 0 Å². The van der Waals surface area contributed by atoms with Crippen LogP contribution in [0.3, 0.4) is 0 Å². The molecular weight excluding hydrogens is 460 g/mol. The molecule has 2 aromatic rings. The number of amides is 3. The number of carbonyl (C=O) groups is 2. The lowest BCUT2D eigenvalue weighted by atomic mass is 10.0. The molecule has 3 fully saturated rings. The van der Waals surface area contributed by atoms with Crippen molar-refractivity contribution in [3.63, 3.8) is 0 Å². The molecule has 0 radical (unpaired) electrons. The van der Waals surface area contributed by atoms with Gasteiger partial charge in [0.15, 0.2) is 11.5 Å². The van der Waals surface area contributed by atoms with Gasteiger partial charge in [-0.1, -0.05) is 12.8 Å². The number of rotatable bonds is 7. The number of hydrogen-bond donors (Lipinski definition) is 3. The van der Waals surface area contributed by atoms with Crippen molar-refractivity contribution in [1.29, 1.82) is 0 Å². The Morgan fingerprint density at radius 3 is 2.56 bits per heavy atom. The van der Waals surface area contributed by atoms with E-state index < -0.39 is 5.91 Å². The first-order valence-electron chi connectivity index (χ1n) is 12.8. The predicted molar refractivity (Wildman–Crippen MR) is 136 cm³/mol. The predicted octanol–water partition coefficient (Wildman–Crippen LogP) is 1.55. The summed E-state index contributed by atoms with van der Waals surface area (Å²) < 4.78 is 1.98. The summed E-state index contributed by atoms with van der Waals surface area (Å²) in [4.78, 5) is 39.3. The first-order chi connectivity index (χ1) is 17.4. The topological polar surface area (TPSA) is 138 Å². The Morgan fingerprint density at radius 1 is 1.06 bits per heavy atom. The van der Waals surface area contributed by atoms with Crippen molar-refractivity contribution < 1.29 is 9.59 Å². The number of nitrogens with two attached hydrogens (primary N) is 1. The van der Waals surface area contributed by atoms with Gasteiger partial charge in [-0.15, -0.1) is 0 Å². The fourth-order valence-electron chi connectivity index (χ4n) is 5.37. The van der Waals surface area contributed by atoms with Crippen LogP contribution in [0.25, 0.3) is 0 Å². The van der Waals surface area contributed by atoms with E-state index in [9.17, 15) is 9.59 Å². The van der Waals surface area contributed by atoms with Gasteiger partial charge in [-0.2, -0.15) is 5.10 Å². The first-order valence-corrected chi connectivity index (χ1v) is 12.8. The van der Waals surface area contributed by atoms with E-state index in [-0.39, 0.29) is 17.8 Å². The number of anilines is 3. The van der Waals surface area contributed by atoms with Crippen LogP contribution in [0.1, 0.15) is 55.1 Å². The third-order valence-electron chi connectivity index (χ3n) is 7.44. The summed E-state index contributed by atoms with van der Waals surface area (Å²) in [6, 6.07) is 0.981. The SMILES string of the molecule is CN(C)C(=O)NC1CCCN(c2cnc(C(N)=O)c(Nc3cnn(C4CN(C5CCCC5)C4)c3)n2)C1. The largest absolute Gasteiger partial charge is 0.364 e. The average molecular weight is 497 g/mol. The van der Waals surface area contributed by atoms with Crippen LogP contribution in [-0.4, -0.2) is 93.8 Å². The first kappa shape index (κ1) is 24.3. The summed E-state index contributed by atoms with van der Waals surface area (Å²) >= 11 is 0. The second-order valence-electron chi connectivity index (χ2n) is 10.3. The molecule has 1 saturated carbocycles. The molecule has 1 aliphatic carbocycles. The Labute approximate surface area is 211 Å². The minimum absolute atomic E-state index is 0.00665. The molecule has 0 bridgehead atoms. The second kappa shape index (κ2) is 10.3. The molecule has 2 aliphatic heterocycles. The van der Waals surface area contributed by atoms with Crippen molar-refractivity contribution in [2.45, 2.75) is 56.7 Å². The molecule has 3 aliphatic rings. The number of carbonyl (C=O) groups excluding carboxylic acids is 2. The summed E-state index contributed by atoms with van der Waals surface area (Å²) in [7, 11) is 3.45. The maximum atomic E-state index is 12.1. The van der Waals surface area contributed by atoms with Crippen LogP contribution in [-0.2, 0) is 0 Å². The van der Waals surface area contributed by atoms with Gasteiger partial charge in [0.2, 0.25) is 0 Å². The third kappa shape index (κ3) is 5.23. The van der Waals surface area contributed by atoms with Gasteiger partial charge in [-0.3, -0.25) is 14.4 Å². The number of nitrogens with zero attached hydrogens (tertiary/aromatic N) is 7. The lowest BCUT2D eigenvalue weighted by molar-refractivity contribution is 0.0553. The van der Waals surface area contributed by atoms with Gasteiger partial charge in [-0.25, -0.2) is 14.8 Å². The van der Waals surface area contributed by atoms with Crippen LogP contribution < -0.4 is 21.3 Å². The molecule has 0 spiro atoms. The average Bonchev–Trinajstić information content (AvgIpc) is 3.51. The van der Waals surface area contributed by atoms with Gasteiger partial charge in [0.1, 0.15) is 5.82 Å². The third-order valence-corrected chi connectivity index (χ3v) is 7.44. The summed E-state index contributed by atoms with van der Waals surface area (Å²) in [5, 5.41) is 10.8. The van der Waals surface area contributed by atoms with E-state index in [0.29, 0.717) is 24.2 Å². The molecule has 4 heterocycles. The normalized spacial score (nSPS) is 21.3. The number of piperidine rings is 1. The fourth-order valence-corrected chi connectivity index (χ4v) is 5.37. The Morgan fingerprint density at radius 2 is 1.83 bits per heavy atom. The van der Waals surface area contributed by atoms with Crippen LogP contribution in [0.2, 0.25) is 0 Å². The highest BCUT2D eigenvalue weighted by Crippen LogP contribution is 2.32. The summed E-state index contributed by atoms with van der Waals surface area (Å²) in [5.41, 5.74) is 6.40. The van der Waals surface area contributed by atoms with Gasteiger partial charge < -0.3 is 26.2 Å². The molecule has 36 heavy (non-hydrogen) atoms. The van der Waals surface area contributed by atoms with Crippen molar-refractivity contribution in [2.75, 3.05) is 50.5 Å². The van der Waals surface area contributed by atoms with Crippen molar-refractivity contribution in [3.8, 4) is 0 Å². The highest BCUT2D eigenvalue weighted by molar-refractivity contribution is 5.96.